The van der Waals surface area contributed by atoms with E-state index < -0.39 is 25.0 Å². The number of anilines is 1. The summed E-state index contributed by atoms with van der Waals surface area (Å²) in [5.41, 5.74) is 5.94. The number of rotatable bonds is 5. The molecule has 2 nitrogen and oxygen atoms in total. The highest BCUT2D eigenvalue weighted by molar-refractivity contribution is 5.47. The fourth-order valence-corrected chi connectivity index (χ4v) is 1.13. The largest absolute Gasteiger partial charge is 0.380 e. The van der Waals surface area contributed by atoms with Crippen molar-refractivity contribution in [1.82, 2.24) is 0 Å². The molecule has 0 radical (unpaired) electrons. The van der Waals surface area contributed by atoms with Crippen molar-refractivity contribution in [1.29, 1.82) is 0 Å². The van der Waals surface area contributed by atoms with Gasteiger partial charge in [0.05, 0.1) is 12.2 Å². The fraction of sp³-hybridized carbons (Fsp3) is 0.400. The summed E-state index contributed by atoms with van der Waals surface area (Å²) in [7, 11) is 0. The van der Waals surface area contributed by atoms with Crippen LogP contribution < -0.4 is 11.1 Å². The lowest BCUT2D eigenvalue weighted by Crippen LogP contribution is -2.23. The number of benzene rings is 1. The van der Waals surface area contributed by atoms with Gasteiger partial charge in [-0.2, -0.15) is 0 Å². The molecule has 0 aliphatic rings. The number of hydrogen-bond donors (Lipinski definition) is 2. The highest BCUT2D eigenvalue weighted by atomic mass is 19.3. The van der Waals surface area contributed by atoms with E-state index in [1.165, 1.54) is 12.1 Å². The molecule has 0 aromatic heterocycles. The highest BCUT2D eigenvalue weighted by Gasteiger charge is 2.19. The van der Waals surface area contributed by atoms with Crippen molar-refractivity contribution in [3.05, 3.63) is 29.6 Å². The Hall–Kier alpha value is -1.30. The van der Waals surface area contributed by atoms with Crippen LogP contribution in [0.4, 0.5) is 23.2 Å². The van der Waals surface area contributed by atoms with Gasteiger partial charge >= 0.3 is 0 Å². The first-order valence-corrected chi connectivity index (χ1v) is 4.69. The lowest BCUT2D eigenvalue weighted by Gasteiger charge is -2.11. The summed E-state index contributed by atoms with van der Waals surface area (Å²) >= 11 is 0. The maximum atomic E-state index is 13.1. The zero-order valence-corrected chi connectivity index (χ0v) is 8.39. The van der Waals surface area contributed by atoms with Crippen LogP contribution in [-0.2, 0) is 6.54 Å². The molecular weight excluding hydrogens is 224 g/mol. The minimum absolute atomic E-state index is 0.0220. The van der Waals surface area contributed by atoms with Gasteiger partial charge in [-0.05, 0) is 17.7 Å². The van der Waals surface area contributed by atoms with E-state index in [0.29, 0.717) is 5.56 Å². The Bertz CT molecular complexity index is 344. The van der Waals surface area contributed by atoms with Crippen LogP contribution in [-0.4, -0.2) is 19.1 Å². The predicted molar refractivity (Wildman–Crippen MR) is 53.7 cm³/mol. The van der Waals surface area contributed by atoms with Crippen molar-refractivity contribution in [3.63, 3.8) is 0 Å². The minimum Gasteiger partial charge on any atom is -0.380 e. The quantitative estimate of drug-likeness (QED) is 0.770. The summed E-state index contributed by atoms with van der Waals surface area (Å²) < 4.78 is 49.4. The molecule has 1 atom stereocenters. The van der Waals surface area contributed by atoms with Gasteiger partial charge in [0.1, 0.15) is 5.82 Å². The Kier molecular flexibility index (Phi) is 4.54. The van der Waals surface area contributed by atoms with E-state index in [0.717, 1.165) is 6.07 Å². The molecule has 0 heterocycles. The molecule has 0 saturated heterocycles. The summed E-state index contributed by atoms with van der Waals surface area (Å²) in [4.78, 5) is 0. The molecule has 0 amide bonds. The average molecular weight is 236 g/mol. The fourth-order valence-electron chi connectivity index (χ4n) is 1.13. The van der Waals surface area contributed by atoms with Gasteiger partial charge in [-0.1, -0.05) is 6.07 Å². The normalized spacial score (nSPS) is 12.9. The van der Waals surface area contributed by atoms with Gasteiger partial charge in [0, 0.05) is 6.54 Å². The van der Waals surface area contributed by atoms with Crippen LogP contribution in [0, 0.1) is 5.82 Å². The molecule has 1 aromatic carbocycles. The summed E-state index contributed by atoms with van der Waals surface area (Å²) in [6, 6.07) is 3.99. The van der Waals surface area contributed by atoms with Gasteiger partial charge in [-0.15, -0.1) is 0 Å². The van der Waals surface area contributed by atoms with Crippen molar-refractivity contribution in [2.45, 2.75) is 19.1 Å². The van der Waals surface area contributed by atoms with Crippen molar-refractivity contribution < 1.29 is 17.6 Å². The van der Waals surface area contributed by atoms with E-state index in [4.69, 9.17) is 5.73 Å². The van der Waals surface area contributed by atoms with Gasteiger partial charge in [-0.25, -0.2) is 17.6 Å². The van der Waals surface area contributed by atoms with Crippen molar-refractivity contribution in [2.24, 2.45) is 5.73 Å². The molecule has 0 fully saturated rings. The number of nitrogens with one attached hydrogen (secondary N) is 1. The summed E-state index contributed by atoms with van der Waals surface area (Å²) in [5, 5.41) is 2.28. The molecule has 3 N–H and O–H groups in total. The van der Waals surface area contributed by atoms with Crippen molar-refractivity contribution >= 4 is 5.69 Å². The summed E-state index contributed by atoms with van der Waals surface area (Å²) in [6.45, 7) is -0.439. The zero-order valence-electron chi connectivity index (χ0n) is 8.39. The summed E-state index contributed by atoms with van der Waals surface area (Å²) in [5.74, 6) is -0.626. The third-order valence-electron chi connectivity index (χ3n) is 2.03. The van der Waals surface area contributed by atoms with E-state index in [-0.39, 0.29) is 12.2 Å². The Morgan fingerprint density at radius 1 is 1.25 bits per heavy atom. The van der Waals surface area contributed by atoms with E-state index in [2.05, 4.69) is 5.32 Å². The highest BCUT2D eigenvalue weighted by Crippen LogP contribution is 2.17. The van der Waals surface area contributed by atoms with E-state index in [9.17, 15) is 17.6 Å². The molecule has 0 bridgehead atoms. The third-order valence-corrected chi connectivity index (χ3v) is 2.03. The van der Waals surface area contributed by atoms with Crippen LogP contribution in [0.3, 0.4) is 0 Å². The first-order chi connectivity index (χ1) is 7.54. The molecule has 1 aromatic rings. The van der Waals surface area contributed by atoms with Crippen molar-refractivity contribution in [2.75, 3.05) is 11.9 Å². The van der Waals surface area contributed by atoms with E-state index in [1.54, 1.807) is 0 Å². The van der Waals surface area contributed by atoms with Crippen molar-refractivity contribution in [3.8, 4) is 0 Å². The second kappa shape index (κ2) is 5.69. The molecule has 1 unspecified atom stereocenters. The van der Waals surface area contributed by atoms with E-state index in [1.807, 2.05) is 0 Å². The molecule has 6 heteroatoms. The number of hydrogen-bond acceptors (Lipinski definition) is 2. The standard InChI is InChI=1S/C10H12F4N2/c11-7-2-1-6(4-15)3-9(7)16-5-8(12)10(13)14/h1-3,8,10,16H,4-5,15H2. The molecule has 1 rings (SSSR count). The molecule has 90 valence electrons. The van der Waals surface area contributed by atoms with Gasteiger partial charge in [0.15, 0.2) is 6.17 Å². The second-order valence-corrected chi connectivity index (χ2v) is 3.25. The predicted octanol–water partition coefficient (Wildman–Crippen LogP) is 2.30. The monoisotopic (exact) mass is 236 g/mol. The lowest BCUT2D eigenvalue weighted by molar-refractivity contribution is 0.0570. The van der Waals surface area contributed by atoms with Crippen LogP contribution in [0.5, 0.6) is 0 Å². The van der Waals surface area contributed by atoms with Crippen LogP contribution in [0.15, 0.2) is 18.2 Å². The first kappa shape index (κ1) is 12.8. The maximum Gasteiger partial charge on any atom is 0.271 e. The smallest absolute Gasteiger partial charge is 0.271 e. The number of alkyl halides is 3. The Morgan fingerprint density at radius 3 is 2.50 bits per heavy atom. The zero-order chi connectivity index (χ0) is 12.1. The first-order valence-electron chi connectivity index (χ1n) is 4.69. The molecule has 0 aliphatic heterocycles. The lowest BCUT2D eigenvalue weighted by atomic mass is 10.2. The van der Waals surface area contributed by atoms with Crippen LogP contribution in [0.2, 0.25) is 0 Å². The van der Waals surface area contributed by atoms with Crippen LogP contribution >= 0.6 is 0 Å². The molecule has 0 spiro atoms. The molecular formula is C10H12F4N2. The molecule has 16 heavy (non-hydrogen) atoms. The molecule has 0 aliphatic carbocycles. The number of halogens is 4. The van der Waals surface area contributed by atoms with Gasteiger partial charge in [0.2, 0.25) is 0 Å². The summed E-state index contributed by atoms with van der Waals surface area (Å²) in [6.07, 6.45) is -5.39. The van der Waals surface area contributed by atoms with E-state index >= 15 is 0 Å². The van der Waals surface area contributed by atoms with Crippen LogP contribution in [0.25, 0.3) is 0 Å². The van der Waals surface area contributed by atoms with Gasteiger partial charge in [-0.3, -0.25) is 0 Å². The maximum absolute atomic E-state index is 13.1. The Morgan fingerprint density at radius 2 is 1.94 bits per heavy atom. The third kappa shape index (κ3) is 3.37. The average Bonchev–Trinajstić information content (AvgIpc) is 2.27. The molecule has 0 saturated carbocycles. The number of nitrogens with two attached hydrogens (primary N) is 1. The topological polar surface area (TPSA) is 38.0 Å². The van der Waals surface area contributed by atoms with Gasteiger partial charge < -0.3 is 11.1 Å². The van der Waals surface area contributed by atoms with Gasteiger partial charge in [0.25, 0.3) is 6.43 Å². The minimum atomic E-state index is -3.08. The Balaban J connectivity index is 2.65. The second-order valence-electron chi connectivity index (χ2n) is 3.25. The van der Waals surface area contributed by atoms with Crippen LogP contribution in [0.1, 0.15) is 5.56 Å². The SMILES string of the molecule is NCc1ccc(F)c(NCC(F)C(F)F)c1. The Labute approximate surface area is 90.4 Å².